The van der Waals surface area contributed by atoms with Gasteiger partial charge in [0.1, 0.15) is 12.4 Å². The summed E-state index contributed by atoms with van der Waals surface area (Å²) in [5.74, 6) is 1.09. The van der Waals surface area contributed by atoms with Crippen LogP contribution < -0.4 is 5.73 Å². The highest BCUT2D eigenvalue weighted by atomic mass is 16.5. The van der Waals surface area contributed by atoms with Gasteiger partial charge in [-0.3, -0.25) is 0 Å². The van der Waals surface area contributed by atoms with Crippen LogP contribution in [0.4, 0.5) is 5.82 Å². The molecule has 102 valence electrons. The predicted molar refractivity (Wildman–Crippen MR) is 68.1 cm³/mol. The average molecular weight is 255 g/mol. The number of ether oxygens (including phenoxy) is 3. The van der Waals surface area contributed by atoms with E-state index >= 15 is 0 Å². The first-order valence-electron chi connectivity index (χ1n) is 5.97. The van der Waals surface area contributed by atoms with Gasteiger partial charge in [0.05, 0.1) is 13.2 Å². The van der Waals surface area contributed by atoms with Crippen molar-refractivity contribution < 1.29 is 14.2 Å². The van der Waals surface area contributed by atoms with Gasteiger partial charge in [-0.05, 0) is 13.3 Å². The second-order valence-electron chi connectivity index (χ2n) is 3.86. The highest BCUT2D eigenvalue weighted by Gasteiger charge is 2.00. The van der Waals surface area contributed by atoms with Crippen molar-refractivity contribution >= 4 is 5.82 Å². The average Bonchev–Trinajstić information content (AvgIpc) is 2.31. The van der Waals surface area contributed by atoms with Gasteiger partial charge in [0, 0.05) is 32.1 Å². The highest BCUT2D eigenvalue weighted by Crippen LogP contribution is 2.03. The molecule has 1 rings (SSSR count). The van der Waals surface area contributed by atoms with E-state index in [0.717, 1.165) is 12.1 Å². The SMILES string of the molecule is COCCOCCCOCc1nc(C)cc(N)n1. The molecular formula is C12H21N3O3. The second-order valence-corrected chi connectivity index (χ2v) is 3.86. The van der Waals surface area contributed by atoms with Gasteiger partial charge in [-0.15, -0.1) is 0 Å². The quantitative estimate of drug-likeness (QED) is 0.661. The molecule has 0 saturated carbocycles. The molecule has 18 heavy (non-hydrogen) atoms. The normalized spacial score (nSPS) is 10.8. The van der Waals surface area contributed by atoms with Crippen molar-refractivity contribution in [2.75, 3.05) is 39.3 Å². The zero-order valence-electron chi connectivity index (χ0n) is 11.0. The number of anilines is 1. The van der Waals surface area contributed by atoms with Crippen molar-refractivity contribution in [3.8, 4) is 0 Å². The lowest BCUT2D eigenvalue weighted by molar-refractivity contribution is 0.0472. The van der Waals surface area contributed by atoms with E-state index in [2.05, 4.69) is 9.97 Å². The Morgan fingerprint density at radius 1 is 1.11 bits per heavy atom. The molecule has 1 aromatic heterocycles. The number of aryl methyl sites for hydroxylation is 1. The van der Waals surface area contributed by atoms with Gasteiger partial charge in [-0.25, -0.2) is 9.97 Å². The van der Waals surface area contributed by atoms with Crippen LogP contribution in [0.15, 0.2) is 6.07 Å². The third-order valence-electron chi connectivity index (χ3n) is 2.16. The number of nitrogens with zero attached hydrogens (tertiary/aromatic N) is 2. The highest BCUT2D eigenvalue weighted by molar-refractivity contribution is 5.28. The van der Waals surface area contributed by atoms with Crippen LogP contribution in [0, 0.1) is 6.92 Å². The van der Waals surface area contributed by atoms with Crippen LogP contribution in [0.2, 0.25) is 0 Å². The molecule has 0 aliphatic carbocycles. The molecule has 0 saturated heterocycles. The Bertz CT molecular complexity index is 327. The van der Waals surface area contributed by atoms with Crippen molar-refractivity contribution in [2.24, 2.45) is 0 Å². The molecule has 2 N–H and O–H groups in total. The fourth-order valence-corrected chi connectivity index (χ4v) is 1.39. The Morgan fingerprint density at radius 2 is 1.89 bits per heavy atom. The van der Waals surface area contributed by atoms with Gasteiger partial charge in [0.15, 0.2) is 5.82 Å². The predicted octanol–water partition coefficient (Wildman–Crippen LogP) is 0.937. The molecular weight excluding hydrogens is 234 g/mol. The third kappa shape index (κ3) is 6.48. The van der Waals surface area contributed by atoms with Crippen LogP contribution in [-0.4, -0.2) is 43.5 Å². The van der Waals surface area contributed by atoms with Crippen molar-refractivity contribution in [1.29, 1.82) is 0 Å². The zero-order valence-corrected chi connectivity index (χ0v) is 11.0. The minimum atomic E-state index is 0.379. The van der Waals surface area contributed by atoms with E-state index in [1.807, 2.05) is 6.92 Å². The first-order chi connectivity index (χ1) is 8.72. The molecule has 0 radical (unpaired) electrons. The Balaban J connectivity index is 2.07. The van der Waals surface area contributed by atoms with Gasteiger partial charge >= 0.3 is 0 Å². The maximum Gasteiger partial charge on any atom is 0.156 e. The first kappa shape index (κ1) is 14.8. The lowest BCUT2D eigenvalue weighted by Gasteiger charge is -2.05. The summed E-state index contributed by atoms with van der Waals surface area (Å²) >= 11 is 0. The minimum absolute atomic E-state index is 0.379. The fourth-order valence-electron chi connectivity index (χ4n) is 1.39. The molecule has 0 fully saturated rings. The Kier molecular flexibility index (Phi) is 7.24. The number of nitrogens with two attached hydrogens (primary N) is 1. The van der Waals surface area contributed by atoms with Gasteiger partial charge in [0.2, 0.25) is 0 Å². The number of hydrogen-bond donors (Lipinski definition) is 1. The molecule has 0 aliphatic heterocycles. The van der Waals surface area contributed by atoms with Crippen LogP contribution >= 0.6 is 0 Å². The van der Waals surface area contributed by atoms with Gasteiger partial charge < -0.3 is 19.9 Å². The van der Waals surface area contributed by atoms with Crippen molar-refractivity contribution in [3.05, 3.63) is 17.6 Å². The Hall–Kier alpha value is -1.24. The minimum Gasteiger partial charge on any atom is -0.384 e. The Labute approximate surface area is 107 Å². The number of aromatic nitrogens is 2. The molecule has 6 nitrogen and oxygen atoms in total. The van der Waals surface area contributed by atoms with Crippen LogP contribution in [-0.2, 0) is 20.8 Å². The van der Waals surface area contributed by atoms with Crippen LogP contribution in [0.25, 0.3) is 0 Å². The summed E-state index contributed by atoms with van der Waals surface area (Å²) in [5, 5.41) is 0. The lowest BCUT2D eigenvalue weighted by Crippen LogP contribution is -2.07. The molecule has 0 aromatic carbocycles. The first-order valence-corrected chi connectivity index (χ1v) is 5.97. The van der Waals surface area contributed by atoms with Crippen molar-refractivity contribution in [3.63, 3.8) is 0 Å². The van der Waals surface area contributed by atoms with Gasteiger partial charge in [-0.1, -0.05) is 0 Å². The summed E-state index contributed by atoms with van der Waals surface area (Å²) in [6.45, 7) is 4.78. The van der Waals surface area contributed by atoms with Crippen LogP contribution in [0.3, 0.4) is 0 Å². The summed E-state index contributed by atoms with van der Waals surface area (Å²) in [6, 6.07) is 1.73. The molecule has 0 aliphatic rings. The molecule has 0 atom stereocenters. The second kappa shape index (κ2) is 8.79. The standard InChI is InChI=1S/C12H21N3O3/c1-10-8-11(13)15-12(14-10)9-18-5-3-4-17-7-6-16-2/h8H,3-7,9H2,1-2H3,(H2,13,14,15). The van der Waals surface area contributed by atoms with E-state index in [-0.39, 0.29) is 0 Å². The van der Waals surface area contributed by atoms with Gasteiger partial charge in [-0.2, -0.15) is 0 Å². The zero-order chi connectivity index (χ0) is 13.2. The van der Waals surface area contributed by atoms with Gasteiger partial charge in [0.25, 0.3) is 0 Å². The van der Waals surface area contributed by atoms with E-state index in [4.69, 9.17) is 19.9 Å². The summed E-state index contributed by atoms with van der Waals surface area (Å²) in [7, 11) is 1.65. The van der Waals surface area contributed by atoms with E-state index < -0.39 is 0 Å². The third-order valence-corrected chi connectivity index (χ3v) is 2.16. The molecule has 6 heteroatoms. The van der Waals surface area contributed by atoms with Crippen molar-refractivity contribution in [2.45, 2.75) is 20.0 Å². The summed E-state index contributed by atoms with van der Waals surface area (Å²) in [4.78, 5) is 8.31. The number of hydrogen-bond acceptors (Lipinski definition) is 6. The van der Waals surface area contributed by atoms with Crippen LogP contribution in [0.5, 0.6) is 0 Å². The van der Waals surface area contributed by atoms with Crippen LogP contribution in [0.1, 0.15) is 17.9 Å². The molecule has 0 spiro atoms. The summed E-state index contributed by atoms with van der Waals surface area (Å²) < 4.78 is 15.6. The fraction of sp³-hybridized carbons (Fsp3) is 0.667. The monoisotopic (exact) mass is 255 g/mol. The Morgan fingerprint density at radius 3 is 2.61 bits per heavy atom. The van der Waals surface area contributed by atoms with E-state index in [1.165, 1.54) is 0 Å². The topological polar surface area (TPSA) is 79.5 Å². The molecule has 0 amide bonds. The largest absolute Gasteiger partial charge is 0.384 e. The number of nitrogen functional groups attached to an aromatic ring is 1. The maximum absolute atomic E-state index is 5.62. The van der Waals surface area contributed by atoms with E-state index in [0.29, 0.717) is 44.7 Å². The van der Waals surface area contributed by atoms with E-state index in [9.17, 15) is 0 Å². The number of methoxy groups -OCH3 is 1. The molecule has 1 heterocycles. The molecule has 0 unspecified atom stereocenters. The summed E-state index contributed by atoms with van der Waals surface area (Å²) in [6.07, 6.45) is 0.838. The van der Waals surface area contributed by atoms with Crippen molar-refractivity contribution in [1.82, 2.24) is 9.97 Å². The number of rotatable bonds is 9. The molecule has 1 aromatic rings. The summed E-state index contributed by atoms with van der Waals surface area (Å²) in [5.41, 5.74) is 6.47. The smallest absolute Gasteiger partial charge is 0.156 e. The maximum atomic E-state index is 5.62. The molecule has 0 bridgehead atoms. The lowest BCUT2D eigenvalue weighted by atomic mass is 10.4. The van der Waals surface area contributed by atoms with E-state index in [1.54, 1.807) is 13.2 Å².